The van der Waals surface area contributed by atoms with Crippen LogP contribution in [0.1, 0.15) is 52.5 Å². The fourth-order valence-corrected chi connectivity index (χ4v) is 3.48. The van der Waals surface area contributed by atoms with Crippen LogP contribution in [0.5, 0.6) is 0 Å². The average Bonchev–Trinajstić information content (AvgIpc) is 3.36. The third kappa shape index (κ3) is 4.01. The zero-order valence-corrected chi connectivity index (χ0v) is 16.4. The lowest BCUT2D eigenvalue weighted by atomic mass is 10.2. The molecule has 7 nitrogen and oxygen atoms in total. The minimum Gasteiger partial charge on any atom is -0.344 e. The van der Waals surface area contributed by atoms with E-state index in [2.05, 4.69) is 20.5 Å². The van der Waals surface area contributed by atoms with Gasteiger partial charge in [0.15, 0.2) is 5.69 Å². The van der Waals surface area contributed by atoms with Gasteiger partial charge in [0.2, 0.25) is 0 Å². The van der Waals surface area contributed by atoms with Gasteiger partial charge >= 0.3 is 6.18 Å². The summed E-state index contributed by atoms with van der Waals surface area (Å²) in [5.41, 5.74) is -0.0471. The van der Waals surface area contributed by atoms with Crippen LogP contribution in [-0.2, 0) is 25.6 Å². The molecule has 1 amide bonds. The molecule has 1 aliphatic rings. The van der Waals surface area contributed by atoms with Gasteiger partial charge in [0.05, 0.1) is 17.4 Å². The maximum absolute atomic E-state index is 13.6. The zero-order chi connectivity index (χ0) is 22.6. The standard InChI is InChI=1S/C19H17F5N6O/c1-18(20,21)15-7-10(5-6-25-15)30-9-11-12(3-4-13(11)27-30)26-17(31)14-8-16(19(22,23)24)28-29(14)2/h5-9,12H,3-4H2,1-2H3,(H,26,31)/t12-/m0/s1. The molecule has 3 heterocycles. The lowest BCUT2D eigenvalue weighted by Crippen LogP contribution is -2.28. The summed E-state index contributed by atoms with van der Waals surface area (Å²) in [6, 6.07) is 2.97. The molecule has 0 fully saturated rings. The Morgan fingerprint density at radius 1 is 1.16 bits per heavy atom. The fraction of sp³-hybridized carbons (Fsp3) is 0.368. The van der Waals surface area contributed by atoms with Gasteiger partial charge in [-0.1, -0.05) is 0 Å². The molecule has 1 atom stereocenters. The molecule has 3 aromatic heterocycles. The van der Waals surface area contributed by atoms with Crippen molar-refractivity contribution in [1.82, 2.24) is 29.9 Å². The van der Waals surface area contributed by atoms with Gasteiger partial charge in [-0.15, -0.1) is 0 Å². The first-order valence-corrected chi connectivity index (χ1v) is 9.29. The van der Waals surface area contributed by atoms with E-state index in [0.717, 1.165) is 11.6 Å². The summed E-state index contributed by atoms with van der Waals surface area (Å²) in [4.78, 5) is 16.2. The summed E-state index contributed by atoms with van der Waals surface area (Å²) in [5, 5.41) is 10.4. The van der Waals surface area contributed by atoms with E-state index in [1.54, 1.807) is 6.20 Å². The number of carbonyl (C=O) groups is 1. The van der Waals surface area contributed by atoms with Crippen molar-refractivity contribution in [2.45, 2.75) is 37.9 Å². The van der Waals surface area contributed by atoms with Crippen molar-refractivity contribution in [2.75, 3.05) is 0 Å². The second kappa shape index (κ2) is 7.13. The number of halogens is 5. The molecule has 1 N–H and O–H groups in total. The molecule has 0 unspecified atom stereocenters. The highest BCUT2D eigenvalue weighted by atomic mass is 19.4. The molecule has 3 aromatic rings. The fourth-order valence-electron chi connectivity index (χ4n) is 3.48. The third-order valence-electron chi connectivity index (χ3n) is 5.03. The SMILES string of the molecule is Cn1nc(C(F)(F)F)cc1C(=O)N[C@H]1CCc2nn(-c3ccnc(C(C)(F)F)c3)cc21. The van der Waals surface area contributed by atoms with Crippen LogP contribution in [0.25, 0.3) is 5.69 Å². The third-order valence-corrected chi connectivity index (χ3v) is 5.03. The molecule has 12 heteroatoms. The molecule has 4 rings (SSSR count). The van der Waals surface area contributed by atoms with E-state index in [-0.39, 0.29) is 5.69 Å². The smallest absolute Gasteiger partial charge is 0.344 e. The number of amides is 1. The first-order valence-electron chi connectivity index (χ1n) is 9.29. The van der Waals surface area contributed by atoms with Crippen molar-refractivity contribution in [3.05, 3.63) is 58.9 Å². The highest BCUT2D eigenvalue weighted by molar-refractivity contribution is 5.93. The van der Waals surface area contributed by atoms with Crippen LogP contribution in [0.15, 0.2) is 30.6 Å². The number of aryl methyl sites for hydroxylation is 2. The summed E-state index contributed by atoms with van der Waals surface area (Å²) in [6.07, 6.45) is -0.743. The molecule has 0 bridgehead atoms. The maximum Gasteiger partial charge on any atom is 0.435 e. The minimum atomic E-state index is -4.66. The summed E-state index contributed by atoms with van der Waals surface area (Å²) in [5.74, 6) is -3.81. The van der Waals surface area contributed by atoms with Gasteiger partial charge in [0.1, 0.15) is 11.4 Å². The number of alkyl halides is 5. The van der Waals surface area contributed by atoms with E-state index in [1.165, 1.54) is 30.1 Å². The van der Waals surface area contributed by atoms with Crippen molar-refractivity contribution in [3.63, 3.8) is 0 Å². The topological polar surface area (TPSA) is 77.6 Å². The lowest BCUT2D eigenvalue weighted by Gasteiger charge is -2.13. The molecule has 0 saturated heterocycles. The van der Waals surface area contributed by atoms with Crippen LogP contribution in [0.3, 0.4) is 0 Å². The van der Waals surface area contributed by atoms with Crippen LogP contribution >= 0.6 is 0 Å². The van der Waals surface area contributed by atoms with Gasteiger partial charge in [-0.3, -0.25) is 14.5 Å². The van der Waals surface area contributed by atoms with Crippen LogP contribution < -0.4 is 5.32 Å². The van der Waals surface area contributed by atoms with Crippen molar-refractivity contribution < 1.29 is 26.7 Å². The molecular weight excluding hydrogens is 423 g/mol. The maximum atomic E-state index is 13.6. The first kappa shape index (κ1) is 20.9. The zero-order valence-electron chi connectivity index (χ0n) is 16.4. The van der Waals surface area contributed by atoms with E-state index in [0.29, 0.717) is 35.9 Å². The minimum absolute atomic E-state index is 0.225. The number of nitrogens with one attached hydrogen (secondary N) is 1. The molecule has 0 aromatic carbocycles. The first-order chi connectivity index (χ1) is 14.4. The summed E-state index contributed by atoms with van der Waals surface area (Å²) in [6.45, 7) is 0.746. The molecular formula is C19H17F5N6O. The Hall–Kier alpha value is -3.31. The number of hydrogen-bond donors (Lipinski definition) is 1. The van der Waals surface area contributed by atoms with Crippen molar-refractivity contribution in [1.29, 1.82) is 0 Å². The second-order valence-corrected chi connectivity index (χ2v) is 7.36. The highest BCUT2D eigenvalue weighted by Crippen LogP contribution is 2.33. The number of carbonyl (C=O) groups excluding carboxylic acids is 1. The van der Waals surface area contributed by atoms with Gasteiger partial charge in [0.25, 0.3) is 11.8 Å². The Balaban J connectivity index is 1.56. The number of nitrogens with zero attached hydrogens (tertiary/aromatic N) is 5. The Labute approximate surface area is 172 Å². The van der Waals surface area contributed by atoms with Gasteiger partial charge in [-0.2, -0.15) is 32.1 Å². The van der Waals surface area contributed by atoms with Crippen molar-refractivity contribution >= 4 is 5.91 Å². The summed E-state index contributed by atoms with van der Waals surface area (Å²) >= 11 is 0. The summed E-state index contributed by atoms with van der Waals surface area (Å²) in [7, 11) is 1.26. The number of aromatic nitrogens is 5. The summed E-state index contributed by atoms with van der Waals surface area (Å²) < 4.78 is 68.0. The molecule has 0 saturated carbocycles. The molecule has 0 aliphatic heterocycles. The van der Waals surface area contributed by atoms with Crippen molar-refractivity contribution in [3.8, 4) is 5.69 Å². The van der Waals surface area contributed by atoms with E-state index < -0.39 is 35.4 Å². The molecule has 0 radical (unpaired) electrons. The predicted molar refractivity (Wildman–Crippen MR) is 97.7 cm³/mol. The van der Waals surface area contributed by atoms with E-state index in [9.17, 15) is 26.7 Å². The monoisotopic (exact) mass is 440 g/mol. The highest BCUT2D eigenvalue weighted by Gasteiger charge is 2.36. The average molecular weight is 440 g/mol. The van der Waals surface area contributed by atoms with E-state index >= 15 is 0 Å². The van der Waals surface area contributed by atoms with Crippen LogP contribution in [0.2, 0.25) is 0 Å². The van der Waals surface area contributed by atoms with Gasteiger partial charge in [-0.05, 0) is 25.0 Å². The second-order valence-electron chi connectivity index (χ2n) is 7.36. The quantitative estimate of drug-likeness (QED) is 0.630. The number of fused-ring (bicyclic) bond motifs is 1. The number of rotatable bonds is 4. The molecule has 31 heavy (non-hydrogen) atoms. The largest absolute Gasteiger partial charge is 0.435 e. The van der Waals surface area contributed by atoms with Crippen LogP contribution in [0.4, 0.5) is 22.0 Å². The van der Waals surface area contributed by atoms with Gasteiger partial charge in [0, 0.05) is 38.0 Å². The van der Waals surface area contributed by atoms with E-state index in [4.69, 9.17) is 0 Å². The normalized spacial score (nSPS) is 16.4. The Bertz CT molecular complexity index is 1140. The van der Waals surface area contributed by atoms with Crippen LogP contribution in [-0.4, -0.2) is 30.5 Å². The Morgan fingerprint density at radius 2 is 1.90 bits per heavy atom. The van der Waals surface area contributed by atoms with Crippen LogP contribution in [0, 0.1) is 0 Å². The van der Waals surface area contributed by atoms with E-state index in [1.807, 2.05) is 0 Å². The molecule has 164 valence electrons. The molecule has 0 spiro atoms. The van der Waals surface area contributed by atoms with Crippen molar-refractivity contribution in [2.24, 2.45) is 7.05 Å². The number of pyridine rings is 1. The molecule has 1 aliphatic carbocycles. The number of hydrogen-bond acceptors (Lipinski definition) is 4. The Kier molecular flexibility index (Phi) is 4.82. The predicted octanol–water partition coefficient (Wildman–Crippen LogP) is 3.55. The van der Waals surface area contributed by atoms with Gasteiger partial charge in [-0.25, -0.2) is 4.68 Å². The van der Waals surface area contributed by atoms with Gasteiger partial charge < -0.3 is 5.32 Å². The lowest BCUT2D eigenvalue weighted by molar-refractivity contribution is -0.141. The Morgan fingerprint density at radius 3 is 2.55 bits per heavy atom.